The zero-order valence-corrected chi connectivity index (χ0v) is 9.85. The minimum absolute atomic E-state index is 0.525. The molecule has 0 atom stereocenters. The van der Waals surface area contributed by atoms with Crippen molar-refractivity contribution >= 4 is 17.3 Å². The standard InChI is InChI=1S/C13H13ClN2/c1-16(10-11-5-3-2-4-6-11)12-7-8-13(14)15-9-12/h2-9H,10H2,1H3. The van der Waals surface area contributed by atoms with Gasteiger partial charge in [0.05, 0.1) is 11.9 Å². The van der Waals surface area contributed by atoms with Crippen LogP contribution < -0.4 is 4.90 Å². The van der Waals surface area contributed by atoms with Crippen LogP contribution in [0.15, 0.2) is 48.7 Å². The van der Waals surface area contributed by atoms with Crippen LogP contribution in [0, 0.1) is 0 Å². The highest BCUT2D eigenvalue weighted by molar-refractivity contribution is 6.29. The van der Waals surface area contributed by atoms with Crippen molar-refractivity contribution in [3.05, 3.63) is 59.4 Å². The summed E-state index contributed by atoms with van der Waals surface area (Å²) in [7, 11) is 2.04. The molecule has 2 rings (SSSR count). The van der Waals surface area contributed by atoms with E-state index in [4.69, 9.17) is 11.6 Å². The lowest BCUT2D eigenvalue weighted by atomic mass is 10.2. The van der Waals surface area contributed by atoms with E-state index in [1.54, 1.807) is 12.3 Å². The molecular weight excluding hydrogens is 220 g/mol. The van der Waals surface area contributed by atoms with Gasteiger partial charge < -0.3 is 4.90 Å². The first kappa shape index (κ1) is 11.0. The Kier molecular flexibility index (Phi) is 3.42. The molecule has 1 aromatic carbocycles. The largest absolute Gasteiger partial charge is 0.369 e. The van der Waals surface area contributed by atoms with Gasteiger partial charge in [0.2, 0.25) is 0 Å². The summed E-state index contributed by atoms with van der Waals surface area (Å²) in [6.45, 7) is 0.865. The third-order valence-electron chi connectivity index (χ3n) is 2.42. The summed E-state index contributed by atoms with van der Waals surface area (Å²) >= 11 is 5.75. The molecular formula is C13H13ClN2. The number of hydrogen-bond donors (Lipinski definition) is 0. The predicted octanol–water partition coefficient (Wildman–Crippen LogP) is 3.37. The average molecular weight is 233 g/mol. The maximum absolute atomic E-state index is 5.75. The van der Waals surface area contributed by atoms with Crippen LogP contribution in [-0.4, -0.2) is 12.0 Å². The summed E-state index contributed by atoms with van der Waals surface area (Å²) < 4.78 is 0. The second kappa shape index (κ2) is 4.99. The van der Waals surface area contributed by atoms with Gasteiger partial charge in [0, 0.05) is 13.6 Å². The Morgan fingerprint density at radius 3 is 2.50 bits per heavy atom. The van der Waals surface area contributed by atoms with Gasteiger partial charge in [0.15, 0.2) is 0 Å². The average Bonchev–Trinajstić information content (AvgIpc) is 2.31. The number of hydrogen-bond acceptors (Lipinski definition) is 2. The van der Waals surface area contributed by atoms with Crippen LogP contribution in [-0.2, 0) is 6.54 Å². The Bertz CT molecular complexity index is 439. The Labute approximate surface area is 101 Å². The molecule has 0 bridgehead atoms. The van der Waals surface area contributed by atoms with Crippen LogP contribution >= 0.6 is 11.6 Å². The van der Waals surface area contributed by atoms with Crippen LogP contribution in [0.2, 0.25) is 5.15 Å². The maximum Gasteiger partial charge on any atom is 0.129 e. The first-order valence-electron chi connectivity index (χ1n) is 5.12. The Morgan fingerprint density at radius 1 is 1.12 bits per heavy atom. The summed E-state index contributed by atoms with van der Waals surface area (Å²) in [5, 5.41) is 0.525. The highest BCUT2D eigenvalue weighted by atomic mass is 35.5. The van der Waals surface area contributed by atoms with Crippen LogP contribution in [0.25, 0.3) is 0 Å². The second-order valence-corrected chi connectivity index (χ2v) is 4.07. The first-order chi connectivity index (χ1) is 7.75. The molecule has 0 amide bonds. The van der Waals surface area contributed by atoms with E-state index in [9.17, 15) is 0 Å². The monoisotopic (exact) mass is 232 g/mol. The van der Waals surface area contributed by atoms with Gasteiger partial charge in [0.25, 0.3) is 0 Å². The molecule has 0 radical (unpaired) electrons. The van der Waals surface area contributed by atoms with Gasteiger partial charge in [-0.15, -0.1) is 0 Å². The Hall–Kier alpha value is -1.54. The van der Waals surface area contributed by atoms with Crippen LogP contribution in [0.5, 0.6) is 0 Å². The molecule has 0 N–H and O–H groups in total. The highest BCUT2D eigenvalue weighted by Crippen LogP contribution is 2.16. The van der Waals surface area contributed by atoms with Crippen LogP contribution in [0.1, 0.15) is 5.56 Å². The van der Waals surface area contributed by atoms with Crippen molar-refractivity contribution < 1.29 is 0 Å². The number of anilines is 1. The third-order valence-corrected chi connectivity index (χ3v) is 2.64. The molecule has 2 nitrogen and oxygen atoms in total. The molecule has 0 saturated carbocycles. The SMILES string of the molecule is CN(Cc1ccccc1)c1ccc(Cl)nc1. The van der Waals surface area contributed by atoms with E-state index in [0.29, 0.717) is 5.15 Å². The van der Waals surface area contributed by atoms with E-state index < -0.39 is 0 Å². The molecule has 0 saturated heterocycles. The van der Waals surface area contributed by atoms with Gasteiger partial charge in [-0.3, -0.25) is 0 Å². The summed E-state index contributed by atoms with van der Waals surface area (Å²) in [4.78, 5) is 6.20. The van der Waals surface area contributed by atoms with E-state index in [1.807, 2.05) is 31.3 Å². The minimum atomic E-state index is 0.525. The van der Waals surface area contributed by atoms with E-state index in [-0.39, 0.29) is 0 Å². The number of benzene rings is 1. The number of nitrogens with zero attached hydrogens (tertiary/aromatic N) is 2. The third kappa shape index (κ3) is 2.74. The Balaban J connectivity index is 2.09. The number of rotatable bonds is 3. The van der Waals surface area contributed by atoms with Gasteiger partial charge in [-0.25, -0.2) is 4.98 Å². The molecule has 3 heteroatoms. The van der Waals surface area contributed by atoms with Crippen molar-refractivity contribution in [2.75, 3.05) is 11.9 Å². The molecule has 16 heavy (non-hydrogen) atoms. The van der Waals surface area contributed by atoms with Gasteiger partial charge >= 0.3 is 0 Å². The van der Waals surface area contributed by atoms with Gasteiger partial charge in [-0.2, -0.15) is 0 Å². The summed E-state index contributed by atoms with van der Waals surface area (Å²) in [5.74, 6) is 0. The molecule has 2 aromatic rings. The molecule has 1 aromatic heterocycles. The topological polar surface area (TPSA) is 16.1 Å². The van der Waals surface area contributed by atoms with Crippen LogP contribution in [0.3, 0.4) is 0 Å². The van der Waals surface area contributed by atoms with Crippen molar-refractivity contribution in [3.63, 3.8) is 0 Å². The van der Waals surface area contributed by atoms with Crippen molar-refractivity contribution in [2.45, 2.75) is 6.54 Å². The van der Waals surface area contributed by atoms with Crippen molar-refractivity contribution in [1.82, 2.24) is 4.98 Å². The van der Waals surface area contributed by atoms with E-state index in [1.165, 1.54) is 5.56 Å². The fraction of sp³-hybridized carbons (Fsp3) is 0.154. The lowest BCUT2D eigenvalue weighted by Gasteiger charge is -2.18. The molecule has 0 aliphatic carbocycles. The Morgan fingerprint density at radius 2 is 1.88 bits per heavy atom. The van der Waals surface area contributed by atoms with Gasteiger partial charge in [-0.1, -0.05) is 41.9 Å². The minimum Gasteiger partial charge on any atom is -0.369 e. The predicted molar refractivity (Wildman–Crippen MR) is 67.8 cm³/mol. The zero-order valence-electron chi connectivity index (χ0n) is 9.10. The molecule has 0 spiro atoms. The molecule has 0 fully saturated rings. The fourth-order valence-corrected chi connectivity index (χ4v) is 1.65. The first-order valence-corrected chi connectivity index (χ1v) is 5.50. The maximum atomic E-state index is 5.75. The lowest BCUT2D eigenvalue weighted by Crippen LogP contribution is -2.16. The molecule has 0 unspecified atom stereocenters. The van der Waals surface area contributed by atoms with Crippen LogP contribution in [0.4, 0.5) is 5.69 Å². The number of aromatic nitrogens is 1. The summed E-state index contributed by atoms with van der Waals surface area (Å²) in [6.07, 6.45) is 1.78. The summed E-state index contributed by atoms with van der Waals surface area (Å²) in [6, 6.07) is 14.1. The fourth-order valence-electron chi connectivity index (χ4n) is 1.54. The lowest BCUT2D eigenvalue weighted by molar-refractivity contribution is 0.918. The molecule has 0 aliphatic rings. The van der Waals surface area contributed by atoms with E-state index >= 15 is 0 Å². The summed E-state index contributed by atoms with van der Waals surface area (Å²) in [5.41, 5.74) is 2.34. The van der Waals surface area contributed by atoms with Gasteiger partial charge in [-0.05, 0) is 17.7 Å². The van der Waals surface area contributed by atoms with Crippen molar-refractivity contribution in [3.8, 4) is 0 Å². The normalized spacial score (nSPS) is 10.1. The second-order valence-electron chi connectivity index (χ2n) is 3.68. The van der Waals surface area contributed by atoms with Crippen molar-refractivity contribution in [1.29, 1.82) is 0 Å². The number of halogens is 1. The van der Waals surface area contributed by atoms with E-state index in [2.05, 4.69) is 22.0 Å². The molecule has 1 heterocycles. The van der Waals surface area contributed by atoms with Crippen molar-refractivity contribution in [2.24, 2.45) is 0 Å². The zero-order chi connectivity index (χ0) is 11.4. The molecule has 0 aliphatic heterocycles. The number of pyridine rings is 1. The smallest absolute Gasteiger partial charge is 0.129 e. The van der Waals surface area contributed by atoms with Gasteiger partial charge in [0.1, 0.15) is 5.15 Å². The molecule has 82 valence electrons. The van der Waals surface area contributed by atoms with E-state index in [0.717, 1.165) is 12.2 Å². The quantitative estimate of drug-likeness (QED) is 0.755. The highest BCUT2D eigenvalue weighted by Gasteiger charge is 2.01.